The fourth-order valence-corrected chi connectivity index (χ4v) is 1.22. The van der Waals surface area contributed by atoms with Gasteiger partial charge in [0.25, 0.3) is 0 Å². The van der Waals surface area contributed by atoms with Crippen LogP contribution in [0.2, 0.25) is 0 Å². The molecule has 0 aliphatic carbocycles. The zero-order valence-electron chi connectivity index (χ0n) is 7.80. The van der Waals surface area contributed by atoms with Crippen molar-refractivity contribution < 1.29 is 9.90 Å². The molecule has 2 aromatic heterocycles. The zero-order chi connectivity index (χ0) is 11.7. The Kier molecular flexibility index (Phi) is 2.16. The third-order valence-corrected chi connectivity index (χ3v) is 1.90. The number of nitrogens with zero attached hydrogens (tertiary/aromatic N) is 2. The summed E-state index contributed by atoms with van der Waals surface area (Å²) < 4.78 is 0.772. The summed E-state index contributed by atoms with van der Waals surface area (Å²) in [6.45, 7) is 0. The quantitative estimate of drug-likeness (QED) is 0.598. The normalized spacial score (nSPS) is 10.2. The Balaban J connectivity index is 2.66. The highest BCUT2D eigenvalue weighted by Crippen LogP contribution is 2.03. The molecule has 0 aliphatic rings. The van der Waals surface area contributed by atoms with E-state index in [9.17, 15) is 14.4 Å². The summed E-state index contributed by atoms with van der Waals surface area (Å²) in [6, 6.07) is 2.49. The Hall–Kier alpha value is -2.64. The van der Waals surface area contributed by atoms with E-state index < -0.39 is 17.3 Å². The van der Waals surface area contributed by atoms with Gasteiger partial charge in [0.15, 0.2) is 0 Å². The second-order valence-corrected chi connectivity index (χ2v) is 2.90. The molecule has 0 bridgehead atoms. The number of carboxylic acid groups (broad SMARTS) is 1. The fraction of sp³-hybridized carbons (Fsp3) is 0. The number of pyridine rings is 1. The van der Waals surface area contributed by atoms with Gasteiger partial charge < -0.3 is 5.11 Å². The van der Waals surface area contributed by atoms with Crippen molar-refractivity contribution in [1.29, 1.82) is 0 Å². The van der Waals surface area contributed by atoms with E-state index in [1.165, 1.54) is 12.3 Å². The van der Waals surface area contributed by atoms with Crippen LogP contribution in [0.4, 0.5) is 0 Å². The van der Waals surface area contributed by atoms with Crippen molar-refractivity contribution in [3.05, 3.63) is 45.0 Å². The van der Waals surface area contributed by atoms with Crippen LogP contribution in [0, 0.1) is 0 Å². The van der Waals surface area contributed by atoms with E-state index in [0.717, 1.165) is 10.6 Å². The van der Waals surface area contributed by atoms with Gasteiger partial charge in [-0.05, 0) is 12.1 Å². The van der Waals surface area contributed by atoms with Crippen LogP contribution in [0.25, 0.3) is 5.69 Å². The number of carboxylic acids is 1. The Bertz CT molecular complexity index is 623. The topological polar surface area (TPSA) is 121 Å². The first-order valence-corrected chi connectivity index (χ1v) is 4.19. The summed E-state index contributed by atoms with van der Waals surface area (Å²) in [6.07, 6.45) is 1.21. The molecule has 0 unspecified atom stereocenters. The molecule has 0 amide bonds. The molecule has 0 radical (unpaired) electrons. The van der Waals surface area contributed by atoms with E-state index in [2.05, 4.69) is 15.2 Å². The van der Waals surface area contributed by atoms with Gasteiger partial charge >= 0.3 is 17.3 Å². The number of nitrogens with one attached hydrogen (secondary N) is 2. The minimum Gasteiger partial charge on any atom is -0.477 e. The van der Waals surface area contributed by atoms with Crippen LogP contribution in [0.5, 0.6) is 0 Å². The van der Waals surface area contributed by atoms with E-state index in [4.69, 9.17) is 5.11 Å². The predicted molar refractivity (Wildman–Crippen MR) is 51.8 cm³/mol. The zero-order valence-corrected chi connectivity index (χ0v) is 7.80. The molecule has 0 fully saturated rings. The molecule has 0 saturated carbocycles. The van der Waals surface area contributed by atoms with Gasteiger partial charge in [0, 0.05) is 6.20 Å². The minimum absolute atomic E-state index is 0.139. The van der Waals surface area contributed by atoms with Crippen LogP contribution >= 0.6 is 0 Å². The van der Waals surface area contributed by atoms with Crippen LogP contribution in [0.15, 0.2) is 27.9 Å². The van der Waals surface area contributed by atoms with Crippen LogP contribution in [0.3, 0.4) is 0 Å². The lowest BCUT2D eigenvalue weighted by Gasteiger charge is -1.99. The van der Waals surface area contributed by atoms with Gasteiger partial charge in [-0.1, -0.05) is 0 Å². The van der Waals surface area contributed by atoms with E-state index in [-0.39, 0.29) is 11.4 Å². The van der Waals surface area contributed by atoms with Crippen LogP contribution in [0.1, 0.15) is 10.5 Å². The maximum Gasteiger partial charge on any atom is 0.354 e. The van der Waals surface area contributed by atoms with Crippen molar-refractivity contribution in [1.82, 2.24) is 19.7 Å². The highest BCUT2D eigenvalue weighted by atomic mass is 16.4. The molecule has 8 heteroatoms. The Labute approximate surface area is 87.2 Å². The summed E-state index contributed by atoms with van der Waals surface area (Å²) in [4.78, 5) is 36.7. The number of aromatic amines is 2. The summed E-state index contributed by atoms with van der Waals surface area (Å²) in [7, 11) is 0. The standard InChI is InChI=1S/C8H6N4O4/c13-6(14)5-3-4(1-2-9-5)12-7(15)10-11-8(12)16/h1-3H,(H,10,15)(H,11,16)(H,13,14). The molecule has 0 atom stereocenters. The number of hydrogen-bond acceptors (Lipinski definition) is 4. The van der Waals surface area contributed by atoms with Crippen LogP contribution < -0.4 is 11.4 Å². The molecule has 0 aliphatic heterocycles. The van der Waals surface area contributed by atoms with Gasteiger partial charge in [0.1, 0.15) is 5.69 Å². The van der Waals surface area contributed by atoms with Gasteiger partial charge in [-0.2, -0.15) is 0 Å². The monoisotopic (exact) mass is 222 g/mol. The molecule has 3 N–H and O–H groups in total. The summed E-state index contributed by atoms with van der Waals surface area (Å²) in [5.74, 6) is -1.23. The summed E-state index contributed by atoms with van der Waals surface area (Å²) >= 11 is 0. The first-order valence-electron chi connectivity index (χ1n) is 4.19. The average molecular weight is 222 g/mol. The van der Waals surface area contributed by atoms with Crippen molar-refractivity contribution in [2.75, 3.05) is 0 Å². The third-order valence-electron chi connectivity index (χ3n) is 1.90. The predicted octanol–water partition coefficient (Wildman–Crippen LogP) is -1.05. The Morgan fingerprint density at radius 2 is 1.94 bits per heavy atom. The molecule has 2 aromatic rings. The first kappa shape index (κ1) is 9.90. The maximum atomic E-state index is 11.2. The second-order valence-electron chi connectivity index (χ2n) is 2.90. The molecule has 2 rings (SSSR count). The highest BCUT2D eigenvalue weighted by Gasteiger charge is 2.09. The molecule has 0 aromatic carbocycles. The van der Waals surface area contributed by atoms with Crippen molar-refractivity contribution in [2.24, 2.45) is 0 Å². The summed E-state index contributed by atoms with van der Waals surface area (Å²) in [5, 5.41) is 12.9. The number of aromatic carboxylic acids is 1. The van der Waals surface area contributed by atoms with Crippen molar-refractivity contribution in [2.45, 2.75) is 0 Å². The van der Waals surface area contributed by atoms with Gasteiger partial charge in [-0.15, -0.1) is 0 Å². The molecule has 16 heavy (non-hydrogen) atoms. The molecular formula is C8H6N4O4. The average Bonchev–Trinajstić information content (AvgIpc) is 2.59. The maximum absolute atomic E-state index is 11.2. The van der Waals surface area contributed by atoms with E-state index in [1.54, 1.807) is 0 Å². The van der Waals surface area contributed by atoms with Crippen molar-refractivity contribution >= 4 is 5.97 Å². The lowest BCUT2D eigenvalue weighted by Crippen LogP contribution is -2.24. The number of rotatable bonds is 2. The van der Waals surface area contributed by atoms with E-state index in [1.807, 2.05) is 0 Å². The van der Waals surface area contributed by atoms with Gasteiger partial charge in [-0.25, -0.2) is 34.1 Å². The first-order chi connectivity index (χ1) is 7.59. The number of hydrogen-bond donors (Lipinski definition) is 3. The van der Waals surface area contributed by atoms with E-state index in [0.29, 0.717) is 0 Å². The summed E-state index contributed by atoms with van der Waals surface area (Å²) in [5.41, 5.74) is -1.45. The smallest absolute Gasteiger partial charge is 0.354 e. The van der Waals surface area contributed by atoms with Crippen LogP contribution in [-0.4, -0.2) is 30.8 Å². The second kappa shape index (κ2) is 3.50. The molecule has 82 valence electrons. The van der Waals surface area contributed by atoms with Gasteiger partial charge in [0.05, 0.1) is 5.69 Å². The third kappa shape index (κ3) is 1.52. The van der Waals surface area contributed by atoms with Crippen LogP contribution in [-0.2, 0) is 0 Å². The lowest BCUT2D eigenvalue weighted by atomic mass is 10.3. The molecule has 0 saturated heterocycles. The number of H-pyrrole nitrogens is 2. The number of carbonyl (C=O) groups is 1. The largest absolute Gasteiger partial charge is 0.477 e. The molecule has 0 spiro atoms. The van der Waals surface area contributed by atoms with Gasteiger partial charge in [0.2, 0.25) is 0 Å². The lowest BCUT2D eigenvalue weighted by molar-refractivity contribution is 0.0690. The highest BCUT2D eigenvalue weighted by molar-refractivity contribution is 5.85. The molecular weight excluding hydrogens is 216 g/mol. The fourth-order valence-electron chi connectivity index (χ4n) is 1.22. The Morgan fingerprint density at radius 3 is 2.50 bits per heavy atom. The number of aromatic nitrogens is 4. The SMILES string of the molecule is O=C(O)c1cc(-n2c(=O)[nH][nH]c2=O)ccn1. The molecule has 2 heterocycles. The van der Waals surface area contributed by atoms with Gasteiger partial charge in [-0.3, -0.25) is 0 Å². The van der Waals surface area contributed by atoms with E-state index >= 15 is 0 Å². The molecule has 8 nitrogen and oxygen atoms in total. The Morgan fingerprint density at radius 1 is 1.31 bits per heavy atom. The minimum atomic E-state index is -1.23. The van der Waals surface area contributed by atoms with Crippen molar-refractivity contribution in [3.63, 3.8) is 0 Å². The van der Waals surface area contributed by atoms with Crippen molar-refractivity contribution in [3.8, 4) is 5.69 Å².